The molecule has 0 fully saturated rings. The number of halogens is 2. The summed E-state index contributed by atoms with van der Waals surface area (Å²) in [5.74, 6) is -2.80. The van der Waals surface area contributed by atoms with Crippen LogP contribution in [0.3, 0.4) is 0 Å². The molecule has 4 nitrogen and oxygen atoms in total. The standard InChI is InChI=1S/C8H6F2N2O2/c9-6-2-1-5(3-7(6)10)12-8(13)4-11-14/h1-4,14H,(H,12,13)/b11-4+. The van der Waals surface area contributed by atoms with Gasteiger partial charge in [0.05, 0.1) is 0 Å². The van der Waals surface area contributed by atoms with E-state index in [1.54, 1.807) is 0 Å². The Morgan fingerprint density at radius 2 is 2.14 bits per heavy atom. The van der Waals surface area contributed by atoms with E-state index in [0.717, 1.165) is 12.1 Å². The van der Waals surface area contributed by atoms with Crippen molar-refractivity contribution >= 4 is 17.8 Å². The second-order valence-electron chi connectivity index (χ2n) is 2.36. The van der Waals surface area contributed by atoms with E-state index in [-0.39, 0.29) is 5.69 Å². The molecule has 0 saturated carbocycles. The minimum atomic E-state index is -1.07. The molecule has 74 valence electrons. The van der Waals surface area contributed by atoms with Crippen LogP contribution < -0.4 is 5.32 Å². The second-order valence-corrected chi connectivity index (χ2v) is 2.36. The Labute approximate surface area is 77.8 Å². The van der Waals surface area contributed by atoms with Crippen molar-refractivity contribution in [3.63, 3.8) is 0 Å². The summed E-state index contributed by atoms with van der Waals surface area (Å²) < 4.78 is 25.0. The molecule has 1 rings (SSSR count). The predicted molar refractivity (Wildman–Crippen MR) is 45.3 cm³/mol. The van der Waals surface area contributed by atoms with Gasteiger partial charge in [0.1, 0.15) is 6.21 Å². The molecular weight excluding hydrogens is 194 g/mol. The third-order valence-electron chi connectivity index (χ3n) is 1.36. The van der Waals surface area contributed by atoms with Gasteiger partial charge in [-0.05, 0) is 12.1 Å². The van der Waals surface area contributed by atoms with E-state index in [0.29, 0.717) is 6.21 Å². The smallest absolute Gasteiger partial charge is 0.270 e. The fourth-order valence-corrected chi connectivity index (χ4v) is 0.801. The first-order valence-corrected chi connectivity index (χ1v) is 3.57. The number of hydrogen-bond acceptors (Lipinski definition) is 3. The third-order valence-corrected chi connectivity index (χ3v) is 1.36. The zero-order chi connectivity index (χ0) is 10.6. The summed E-state index contributed by atoms with van der Waals surface area (Å²) in [7, 11) is 0. The second kappa shape index (κ2) is 4.31. The molecule has 0 radical (unpaired) electrons. The van der Waals surface area contributed by atoms with Crippen LogP contribution in [0.5, 0.6) is 0 Å². The van der Waals surface area contributed by atoms with E-state index < -0.39 is 17.5 Å². The van der Waals surface area contributed by atoms with E-state index in [1.165, 1.54) is 6.07 Å². The third kappa shape index (κ3) is 2.51. The van der Waals surface area contributed by atoms with Gasteiger partial charge in [0.15, 0.2) is 11.6 Å². The minimum absolute atomic E-state index is 0.0776. The number of benzene rings is 1. The summed E-state index contributed by atoms with van der Waals surface area (Å²) in [6.45, 7) is 0. The summed E-state index contributed by atoms with van der Waals surface area (Å²) >= 11 is 0. The first kappa shape index (κ1) is 10.1. The molecular formula is C8H6F2N2O2. The van der Waals surface area contributed by atoms with E-state index in [9.17, 15) is 13.6 Å². The average molecular weight is 200 g/mol. The van der Waals surface area contributed by atoms with Gasteiger partial charge < -0.3 is 10.5 Å². The van der Waals surface area contributed by atoms with Crippen LogP contribution in [-0.4, -0.2) is 17.3 Å². The molecule has 0 heterocycles. The van der Waals surface area contributed by atoms with Crippen molar-refractivity contribution in [3.8, 4) is 0 Å². The minimum Gasteiger partial charge on any atom is -0.411 e. The van der Waals surface area contributed by atoms with Gasteiger partial charge in [-0.2, -0.15) is 0 Å². The highest BCUT2D eigenvalue weighted by molar-refractivity contribution is 6.31. The molecule has 0 atom stereocenters. The summed E-state index contributed by atoms with van der Waals surface area (Å²) in [5, 5.41) is 12.6. The Morgan fingerprint density at radius 3 is 2.71 bits per heavy atom. The van der Waals surface area contributed by atoms with Crippen molar-refractivity contribution in [2.75, 3.05) is 5.32 Å². The van der Waals surface area contributed by atoms with Crippen LogP contribution in [0.15, 0.2) is 23.4 Å². The van der Waals surface area contributed by atoms with Gasteiger partial charge in [-0.25, -0.2) is 8.78 Å². The Hall–Kier alpha value is -1.98. The van der Waals surface area contributed by atoms with Gasteiger partial charge in [-0.15, -0.1) is 0 Å². The van der Waals surface area contributed by atoms with Crippen molar-refractivity contribution in [2.24, 2.45) is 5.16 Å². The highest BCUT2D eigenvalue weighted by Crippen LogP contribution is 2.12. The lowest BCUT2D eigenvalue weighted by molar-refractivity contribution is -0.110. The van der Waals surface area contributed by atoms with Crippen LogP contribution in [0.1, 0.15) is 0 Å². The maximum atomic E-state index is 12.6. The summed E-state index contributed by atoms with van der Waals surface area (Å²) in [5.41, 5.74) is 0.0776. The molecule has 14 heavy (non-hydrogen) atoms. The molecule has 2 N–H and O–H groups in total. The number of amides is 1. The number of oxime groups is 1. The van der Waals surface area contributed by atoms with Crippen molar-refractivity contribution < 1.29 is 18.8 Å². The van der Waals surface area contributed by atoms with Gasteiger partial charge >= 0.3 is 0 Å². The fourth-order valence-electron chi connectivity index (χ4n) is 0.801. The predicted octanol–water partition coefficient (Wildman–Crippen LogP) is 1.36. The lowest BCUT2D eigenvalue weighted by atomic mass is 10.3. The number of carbonyl (C=O) groups excluding carboxylic acids is 1. The van der Waals surface area contributed by atoms with Crippen molar-refractivity contribution in [1.29, 1.82) is 0 Å². The first-order chi connectivity index (χ1) is 6.63. The fraction of sp³-hybridized carbons (Fsp3) is 0. The first-order valence-electron chi connectivity index (χ1n) is 3.57. The molecule has 1 aromatic carbocycles. The zero-order valence-corrected chi connectivity index (χ0v) is 6.87. The van der Waals surface area contributed by atoms with Crippen LogP contribution in [0.2, 0.25) is 0 Å². The number of nitrogens with zero attached hydrogens (tertiary/aromatic N) is 1. The van der Waals surface area contributed by atoms with E-state index in [2.05, 4.69) is 10.5 Å². The van der Waals surface area contributed by atoms with Crippen LogP contribution >= 0.6 is 0 Å². The number of anilines is 1. The zero-order valence-electron chi connectivity index (χ0n) is 6.87. The van der Waals surface area contributed by atoms with E-state index in [1.807, 2.05) is 0 Å². The Morgan fingerprint density at radius 1 is 1.43 bits per heavy atom. The highest BCUT2D eigenvalue weighted by Gasteiger charge is 2.04. The van der Waals surface area contributed by atoms with Crippen molar-refractivity contribution in [2.45, 2.75) is 0 Å². The number of hydrogen-bond donors (Lipinski definition) is 2. The molecule has 0 saturated heterocycles. The van der Waals surface area contributed by atoms with Crippen LogP contribution in [0.25, 0.3) is 0 Å². The molecule has 6 heteroatoms. The maximum Gasteiger partial charge on any atom is 0.270 e. The largest absolute Gasteiger partial charge is 0.411 e. The van der Waals surface area contributed by atoms with Crippen molar-refractivity contribution in [1.82, 2.24) is 0 Å². The molecule has 0 aromatic heterocycles. The number of rotatable bonds is 2. The monoisotopic (exact) mass is 200 g/mol. The molecule has 0 aliphatic heterocycles. The summed E-state index contributed by atoms with van der Waals surface area (Å²) in [4.78, 5) is 10.8. The summed E-state index contributed by atoms with van der Waals surface area (Å²) in [6.07, 6.45) is 0.598. The summed E-state index contributed by atoms with van der Waals surface area (Å²) in [6, 6.07) is 2.88. The lowest BCUT2D eigenvalue weighted by Gasteiger charge is -2.01. The van der Waals surface area contributed by atoms with Gasteiger partial charge in [-0.1, -0.05) is 5.16 Å². The Balaban J connectivity index is 2.78. The Kier molecular flexibility index (Phi) is 3.11. The SMILES string of the molecule is O=C(/C=N/O)Nc1ccc(F)c(F)c1. The molecule has 1 aromatic rings. The highest BCUT2D eigenvalue weighted by atomic mass is 19.2. The van der Waals surface area contributed by atoms with Crippen molar-refractivity contribution in [3.05, 3.63) is 29.8 Å². The number of nitrogens with one attached hydrogen (secondary N) is 1. The maximum absolute atomic E-state index is 12.6. The van der Waals surface area contributed by atoms with Gasteiger partial charge in [0, 0.05) is 11.8 Å². The van der Waals surface area contributed by atoms with Crippen LogP contribution in [-0.2, 0) is 4.79 Å². The molecule has 0 aliphatic rings. The average Bonchev–Trinajstić information content (AvgIpc) is 2.12. The lowest BCUT2D eigenvalue weighted by Crippen LogP contribution is -2.12. The number of carbonyl (C=O) groups is 1. The van der Waals surface area contributed by atoms with E-state index in [4.69, 9.17) is 5.21 Å². The van der Waals surface area contributed by atoms with Gasteiger partial charge in [0.2, 0.25) is 0 Å². The molecule has 0 spiro atoms. The van der Waals surface area contributed by atoms with Gasteiger partial charge in [-0.3, -0.25) is 4.79 Å². The van der Waals surface area contributed by atoms with Crippen LogP contribution in [0, 0.1) is 11.6 Å². The molecule has 0 unspecified atom stereocenters. The normalized spacial score (nSPS) is 10.4. The van der Waals surface area contributed by atoms with E-state index >= 15 is 0 Å². The molecule has 0 aliphatic carbocycles. The quantitative estimate of drug-likeness (QED) is 0.430. The molecule has 1 amide bonds. The van der Waals surface area contributed by atoms with Gasteiger partial charge in [0.25, 0.3) is 5.91 Å². The molecule has 0 bridgehead atoms. The topological polar surface area (TPSA) is 61.7 Å². The van der Waals surface area contributed by atoms with Crippen LogP contribution in [0.4, 0.5) is 14.5 Å². The Bertz CT molecular complexity index is 380.